The molecule has 0 radical (unpaired) electrons. The molecule has 34 heavy (non-hydrogen) atoms. The maximum Gasteiger partial charge on any atom is 0.273 e. The minimum Gasteiger partial charge on any atom is -0.461 e. The average Bonchev–Trinajstić information content (AvgIpc) is 3.14. The molecule has 1 aromatic heterocycles. The van der Waals surface area contributed by atoms with Crippen molar-refractivity contribution >= 4 is 50.0 Å². The van der Waals surface area contributed by atoms with Gasteiger partial charge in [0.25, 0.3) is 15.9 Å². The first-order valence-electron chi connectivity index (χ1n) is 10.6. The van der Waals surface area contributed by atoms with Gasteiger partial charge in [0.05, 0.1) is 26.7 Å². The summed E-state index contributed by atoms with van der Waals surface area (Å²) in [7, 11) is -4.33. The fourth-order valence-electron chi connectivity index (χ4n) is 3.88. The van der Waals surface area contributed by atoms with Crippen LogP contribution in [0.5, 0.6) is 0 Å². The second kappa shape index (κ2) is 9.08. The van der Waals surface area contributed by atoms with Gasteiger partial charge < -0.3 is 4.42 Å². The predicted octanol–water partition coefficient (Wildman–Crippen LogP) is 6.20. The topological polar surface area (TPSA) is 84.7 Å². The van der Waals surface area contributed by atoms with E-state index in [1.807, 2.05) is 6.92 Å². The van der Waals surface area contributed by atoms with Crippen molar-refractivity contribution in [3.05, 3.63) is 94.2 Å². The highest BCUT2D eigenvalue weighted by atomic mass is 35.5. The maximum absolute atomic E-state index is 13.8. The smallest absolute Gasteiger partial charge is 0.273 e. The number of hydrogen-bond donors (Lipinski definition) is 0. The highest BCUT2D eigenvalue weighted by Crippen LogP contribution is 2.34. The molecule has 8 heteroatoms. The molecule has 4 aromatic rings. The molecule has 0 saturated carbocycles. The Kier molecular flexibility index (Phi) is 6.34. The molecule has 0 aliphatic rings. The molecule has 0 aliphatic heterocycles. The molecule has 4 rings (SSSR count). The Morgan fingerprint density at radius 1 is 1.00 bits per heavy atom. The standard InChI is InChI=1S/C26H22ClNO5S/c1-4-18-9-12-20(13-10-18)34(31,32)28(26(30)21-7-5-6-8-23(21)27)19-11-14-24-22(15-19)25(16(2)29)17(3)33-24/h5-15H,4H2,1-3H3. The lowest BCUT2D eigenvalue weighted by molar-refractivity contribution is 0.100. The molecule has 1 heterocycles. The molecular formula is C26H22ClNO5S. The fourth-order valence-corrected chi connectivity index (χ4v) is 5.50. The number of amides is 1. The minimum absolute atomic E-state index is 0.0354. The lowest BCUT2D eigenvalue weighted by Crippen LogP contribution is -2.37. The van der Waals surface area contributed by atoms with Gasteiger partial charge in [0, 0.05) is 5.39 Å². The quantitative estimate of drug-likeness (QED) is 0.297. The highest BCUT2D eigenvalue weighted by Gasteiger charge is 2.33. The number of Topliss-reactive ketones (excluding diaryl/α,β-unsaturated/α-hetero) is 1. The van der Waals surface area contributed by atoms with E-state index in [9.17, 15) is 18.0 Å². The number of ketones is 1. The van der Waals surface area contributed by atoms with Gasteiger partial charge in [-0.05, 0) is 68.3 Å². The molecule has 0 saturated heterocycles. The van der Waals surface area contributed by atoms with E-state index >= 15 is 0 Å². The number of anilines is 1. The van der Waals surface area contributed by atoms with Crippen molar-refractivity contribution in [3.63, 3.8) is 0 Å². The number of furan rings is 1. The molecule has 6 nitrogen and oxygen atoms in total. The Morgan fingerprint density at radius 3 is 2.29 bits per heavy atom. The Balaban J connectivity index is 1.96. The number of carbonyl (C=O) groups excluding carboxylic acids is 2. The number of benzene rings is 3. The molecule has 0 bridgehead atoms. The summed E-state index contributed by atoms with van der Waals surface area (Å²) in [5.74, 6) is -0.619. The first kappa shape index (κ1) is 23.7. The van der Waals surface area contributed by atoms with Crippen LogP contribution in [-0.4, -0.2) is 20.1 Å². The third kappa shape index (κ3) is 4.13. The van der Waals surface area contributed by atoms with E-state index in [4.69, 9.17) is 16.0 Å². The van der Waals surface area contributed by atoms with Gasteiger partial charge in [0.15, 0.2) is 5.78 Å². The summed E-state index contributed by atoms with van der Waals surface area (Å²) in [6, 6.07) is 17.1. The van der Waals surface area contributed by atoms with Crippen LogP contribution in [0.1, 0.15) is 45.9 Å². The van der Waals surface area contributed by atoms with Crippen molar-refractivity contribution in [2.75, 3.05) is 4.31 Å². The number of halogens is 1. The lowest BCUT2D eigenvalue weighted by atomic mass is 10.1. The van der Waals surface area contributed by atoms with E-state index in [1.165, 1.54) is 43.3 Å². The number of rotatable bonds is 6. The molecule has 174 valence electrons. The molecule has 0 unspecified atom stereocenters. The Morgan fingerprint density at radius 2 is 1.68 bits per heavy atom. The van der Waals surface area contributed by atoms with Gasteiger partial charge >= 0.3 is 0 Å². The Hall–Kier alpha value is -3.42. The van der Waals surface area contributed by atoms with Crippen LogP contribution < -0.4 is 4.31 Å². The van der Waals surface area contributed by atoms with Crippen LogP contribution in [0.3, 0.4) is 0 Å². The molecule has 0 fully saturated rings. The normalized spacial score (nSPS) is 11.5. The summed E-state index contributed by atoms with van der Waals surface area (Å²) in [5, 5.41) is 0.551. The first-order chi connectivity index (χ1) is 16.1. The largest absolute Gasteiger partial charge is 0.461 e. The number of nitrogens with zero attached hydrogens (tertiary/aromatic N) is 1. The highest BCUT2D eigenvalue weighted by molar-refractivity contribution is 7.93. The van der Waals surface area contributed by atoms with E-state index in [-0.39, 0.29) is 27.0 Å². The van der Waals surface area contributed by atoms with Gasteiger partial charge in [-0.2, -0.15) is 4.31 Å². The van der Waals surface area contributed by atoms with Crippen molar-refractivity contribution in [2.45, 2.75) is 32.1 Å². The number of hydrogen-bond acceptors (Lipinski definition) is 5. The van der Waals surface area contributed by atoms with E-state index < -0.39 is 15.9 Å². The summed E-state index contributed by atoms with van der Waals surface area (Å²) in [6.07, 6.45) is 0.743. The van der Waals surface area contributed by atoms with E-state index in [1.54, 1.807) is 37.3 Å². The van der Waals surface area contributed by atoms with E-state index in [0.717, 1.165) is 16.3 Å². The zero-order valence-electron chi connectivity index (χ0n) is 18.8. The van der Waals surface area contributed by atoms with Crippen molar-refractivity contribution < 1.29 is 22.4 Å². The van der Waals surface area contributed by atoms with Gasteiger partial charge in [-0.1, -0.05) is 42.8 Å². The molecular weight excluding hydrogens is 474 g/mol. The summed E-state index contributed by atoms with van der Waals surface area (Å²) in [6.45, 7) is 5.03. The summed E-state index contributed by atoms with van der Waals surface area (Å²) >= 11 is 6.25. The monoisotopic (exact) mass is 495 g/mol. The van der Waals surface area contributed by atoms with Gasteiger partial charge in [-0.25, -0.2) is 8.42 Å². The summed E-state index contributed by atoms with van der Waals surface area (Å²) in [5.41, 5.74) is 1.82. The van der Waals surface area contributed by atoms with Crippen LogP contribution in [0.2, 0.25) is 5.02 Å². The molecule has 0 aliphatic carbocycles. The molecule has 0 N–H and O–H groups in total. The van der Waals surface area contributed by atoms with Gasteiger partial charge in [0.2, 0.25) is 0 Å². The van der Waals surface area contributed by atoms with E-state index in [2.05, 4.69) is 0 Å². The van der Waals surface area contributed by atoms with Gasteiger partial charge in [-0.15, -0.1) is 0 Å². The summed E-state index contributed by atoms with van der Waals surface area (Å²) in [4.78, 5) is 25.8. The first-order valence-corrected chi connectivity index (χ1v) is 12.4. The van der Waals surface area contributed by atoms with Crippen LogP contribution in [0.15, 0.2) is 76.0 Å². The maximum atomic E-state index is 13.8. The zero-order chi connectivity index (χ0) is 24.6. The SMILES string of the molecule is CCc1ccc(S(=O)(=O)N(C(=O)c2ccccc2Cl)c2ccc3oc(C)c(C(C)=O)c3c2)cc1. The molecule has 3 aromatic carbocycles. The lowest BCUT2D eigenvalue weighted by Gasteiger charge is -2.23. The number of aryl methyl sites for hydroxylation is 2. The second-order valence-corrected chi connectivity index (χ2v) is 10.0. The van der Waals surface area contributed by atoms with Gasteiger partial charge in [-0.3, -0.25) is 9.59 Å². The molecule has 0 atom stereocenters. The van der Waals surface area contributed by atoms with Crippen LogP contribution >= 0.6 is 11.6 Å². The predicted molar refractivity (Wildman–Crippen MR) is 132 cm³/mol. The van der Waals surface area contributed by atoms with Crippen molar-refractivity contribution in [1.82, 2.24) is 0 Å². The van der Waals surface area contributed by atoms with Crippen LogP contribution in [0.4, 0.5) is 5.69 Å². The Bertz CT molecular complexity index is 1520. The van der Waals surface area contributed by atoms with Crippen LogP contribution in [0, 0.1) is 6.92 Å². The average molecular weight is 496 g/mol. The number of fused-ring (bicyclic) bond motifs is 1. The van der Waals surface area contributed by atoms with E-state index in [0.29, 0.717) is 22.3 Å². The Labute approximate surface area is 202 Å². The van der Waals surface area contributed by atoms with Crippen molar-refractivity contribution in [1.29, 1.82) is 0 Å². The summed E-state index contributed by atoms with van der Waals surface area (Å²) < 4.78 is 34.0. The molecule has 0 spiro atoms. The zero-order valence-corrected chi connectivity index (χ0v) is 20.4. The van der Waals surface area contributed by atoms with Crippen LogP contribution in [-0.2, 0) is 16.4 Å². The third-order valence-corrected chi connectivity index (χ3v) is 7.65. The fraction of sp³-hybridized carbons (Fsp3) is 0.154. The van der Waals surface area contributed by atoms with Crippen molar-refractivity contribution in [3.8, 4) is 0 Å². The van der Waals surface area contributed by atoms with Crippen LogP contribution in [0.25, 0.3) is 11.0 Å². The second-order valence-electron chi connectivity index (χ2n) is 7.82. The minimum atomic E-state index is -4.33. The van der Waals surface area contributed by atoms with Crippen molar-refractivity contribution in [2.24, 2.45) is 0 Å². The molecule has 1 amide bonds. The third-order valence-electron chi connectivity index (χ3n) is 5.59. The van der Waals surface area contributed by atoms with Gasteiger partial charge in [0.1, 0.15) is 11.3 Å². The number of carbonyl (C=O) groups is 2. The number of sulfonamides is 1.